The number of hydrogen-bond donors (Lipinski definition) is 2. The number of para-hydroxylation sites is 1. The molecule has 152 valence electrons. The van der Waals surface area contributed by atoms with Crippen LogP contribution in [0.25, 0.3) is 10.9 Å². The van der Waals surface area contributed by atoms with Crippen LogP contribution < -0.4 is 17.0 Å². The molecule has 0 spiro atoms. The summed E-state index contributed by atoms with van der Waals surface area (Å²) in [6.07, 6.45) is 3.28. The first-order valence-electron chi connectivity index (χ1n) is 9.84. The van der Waals surface area contributed by atoms with Crippen LogP contribution in [0.5, 0.6) is 0 Å². The third kappa shape index (κ3) is 3.91. The Morgan fingerprint density at radius 2 is 1.79 bits per heavy atom. The van der Waals surface area contributed by atoms with Gasteiger partial charge in [0.05, 0.1) is 16.7 Å². The average molecular weight is 412 g/mol. The van der Waals surface area contributed by atoms with Gasteiger partial charge >= 0.3 is 0 Å². The zero-order valence-electron chi connectivity index (χ0n) is 16.6. The number of nitrogens with zero attached hydrogens (tertiary/aromatic N) is 5. The molecular formula is C20H25N7OS. The van der Waals surface area contributed by atoms with Crippen LogP contribution in [-0.4, -0.2) is 24.5 Å². The Bertz CT molecular complexity index is 1080. The topological polar surface area (TPSA) is 126 Å². The summed E-state index contributed by atoms with van der Waals surface area (Å²) in [4.78, 5) is 30.4. The monoisotopic (exact) mass is 411 g/mol. The van der Waals surface area contributed by atoms with Gasteiger partial charge in [0, 0.05) is 6.04 Å². The van der Waals surface area contributed by atoms with Crippen LogP contribution in [0.2, 0.25) is 0 Å². The van der Waals surface area contributed by atoms with Crippen LogP contribution in [-0.2, 0) is 5.75 Å². The van der Waals surface area contributed by atoms with E-state index in [1.165, 1.54) is 18.2 Å². The van der Waals surface area contributed by atoms with E-state index in [1.54, 1.807) is 0 Å². The molecule has 29 heavy (non-hydrogen) atoms. The van der Waals surface area contributed by atoms with Crippen molar-refractivity contribution in [2.75, 3.05) is 11.5 Å². The minimum absolute atomic E-state index is 0.0127. The fraction of sp³-hybridized carbons (Fsp3) is 0.450. The van der Waals surface area contributed by atoms with Crippen LogP contribution in [0, 0.1) is 11.8 Å². The van der Waals surface area contributed by atoms with Crippen molar-refractivity contribution in [3.63, 3.8) is 0 Å². The van der Waals surface area contributed by atoms with Crippen LogP contribution in [0.3, 0.4) is 0 Å². The molecule has 0 bridgehead atoms. The van der Waals surface area contributed by atoms with E-state index in [-0.39, 0.29) is 23.5 Å². The average Bonchev–Trinajstić information content (AvgIpc) is 2.68. The molecule has 4 N–H and O–H groups in total. The van der Waals surface area contributed by atoms with Crippen molar-refractivity contribution >= 4 is 34.6 Å². The van der Waals surface area contributed by atoms with Crippen molar-refractivity contribution in [3.8, 4) is 0 Å². The number of hydrogen-bond acceptors (Lipinski definition) is 8. The molecule has 0 aliphatic heterocycles. The quantitative estimate of drug-likeness (QED) is 0.495. The Balaban J connectivity index is 1.78. The molecule has 0 saturated heterocycles. The fourth-order valence-electron chi connectivity index (χ4n) is 4.09. The summed E-state index contributed by atoms with van der Waals surface area (Å²) in [6.45, 7) is 4.50. The van der Waals surface area contributed by atoms with Gasteiger partial charge in [-0.25, -0.2) is 4.98 Å². The van der Waals surface area contributed by atoms with Gasteiger partial charge in [-0.1, -0.05) is 50.6 Å². The van der Waals surface area contributed by atoms with Gasteiger partial charge < -0.3 is 11.5 Å². The highest BCUT2D eigenvalue weighted by Gasteiger charge is 2.31. The molecule has 3 atom stereocenters. The first-order chi connectivity index (χ1) is 13.9. The maximum atomic E-state index is 13.4. The summed E-state index contributed by atoms with van der Waals surface area (Å²) in [5.74, 6) is 2.01. The molecule has 2 aromatic heterocycles. The number of nitrogens with two attached hydrogens (primary N) is 2. The van der Waals surface area contributed by atoms with Gasteiger partial charge in [-0.2, -0.15) is 15.0 Å². The normalized spacial score (nSPS) is 22.1. The van der Waals surface area contributed by atoms with Gasteiger partial charge in [-0.05, 0) is 30.4 Å². The number of rotatable bonds is 4. The molecule has 1 fully saturated rings. The second kappa shape index (κ2) is 7.98. The Labute approximate surface area is 173 Å². The molecule has 1 aromatic carbocycles. The number of nitrogen functional groups attached to an aromatic ring is 2. The summed E-state index contributed by atoms with van der Waals surface area (Å²) in [7, 11) is 0. The first-order valence-corrected chi connectivity index (χ1v) is 10.8. The van der Waals surface area contributed by atoms with Crippen LogP contribution in [0.4, 0.5) is 11.9 Å². The van der Waals surface area contributed by atoms with E-state index in [0.29, 0.717) is 39.5 Å². The minimum atomic E-state index is 0.0127. The second-order valence-electron chi connectivity index (χ2n) is 7.68. The molecule has 1 aliphatic rings. The zero-order valence-corrected chi connectivity index (χ0v) is 17.4. The Hall–Kier alpha value is -2.68. The Morgan fingerprint density at radius 1 is 1.07 bits per heavy atom. The van der Waals surface area contributed by atoms with E-state index in [9.17, 15) is 4.79 Å². The zero-order chi connectivity index (χ0) is 20.5. The van der Waals surface area contributed by atoms with Gasteiger partial charge in [0.1, 0.15) is 5.82 Å². The third-order valence-corrected chi connectivity index (χ3v) is 6.77. The van der Waals surface area contributed by atoms with Gasteiger partial charge in [-0.15, -0.1) is 0 Å². The van der Waals surface area contributed by atoms with E-state index in [1.807, 2.05) is 28.8 Å². The molecule has 8 nitrogen and oxygen atoms in total. The van der Waals surface area contributed by atoms with Gasteiger partial charge in [0.2, 0.25) is 11.9 Å². The molecule has 3 aromatic rings. The number of benzene rings is 1. The van der Waals surface area contributed by atoms with Crippen molar-refractivity contribution in [3.05, 3.63) is 40.4 Å². The number of thioether (sulfide) groups is 1. The maximum Gasteiger partial charge on any atom is 0.262 e. The molecule has 1 aliphatic carbocycles. The third-order valence-electron chi connectivity index (χ3n) is 5.82. The Kier molecular flexibility index (Phi) is 5.40. The lowest BCUT2D eigenvalue weighted by Crippen LogP contribution is -2.35. The van der Waals surface area contributed by atoms with Crippen LogP contribution >= 0.6 is 11.8 Å². The van der Waals surface area contributed by atoms with Gasteiger partial charge in [-0.3, -0.25) is 9.36 Å². The molecule has 0 amide bonds. The standard InChI is InChI=1S/C20H25N7OS/c1-11-6-5-9-15(12(11)2)27-17(28)13-7-3-4-8-14(13)23-20(27)29-10-16-24-18(21)26-19(22)25-16/h3-4,7-8,11-12,15H,5-6,9-10H2,1-2H3,(H4,21,22,24,25,26)/t11-,12-,15-/m1/s1. The highest BCUT2D eigenvalue weighted by atomic mass is 32.2. The molecule has 4 rings (SSSR count). The lowest BCUT2D eigenvalue weighted by molar-refractivity contribution is 0.173. The van der Waals surface area contributed by atoms with E-state index in [4.69, 9.17) is 16.5 Å². The summed E-state index contributed by atoms with van der Waals surface area (Å²) >= 11 is 1.43. The van der Waals surface area contributed by atoms with Crippen molar-refractivity contribution in [2.24, 2.45) is 11.8 Å². The van der Waals surface area contributed by atoms with E-state index < -0.39 is 0 Å². The SMILES string of the molecule is C[C@@H]1[C@H](C)CCC[C@H]1n1c(SCc2nc(N)nc(N)n2)nc2ccccc2c1=O. The van der Waals surface area contributed by atoms with Crippen LogP contribution in [0.15, 0.2) is 34.2 Å². The van der Waals surface area contributed by atoms with Crippen molar-refractivity contribution < 1.29 is 0 Å². The lowest BCUT2D eigenvalue weighted by atomic mass is 9.78. The van der Waals surface area contributed by atoms with Crippen molar-refractivity contribution in [2.45, 2.75) is 50.1 Å². The number of anilines is 2. The van der Waals surface area contributed by atoms with Gasteiger partial charge in [0.15, 0.2) is 5.16 Å². The summed E-state index contributed by atoms with van der Waals surface area (Å²) in [5, 5.41) is 1.33. The maximum absolute atomic E-state index is 13.4. The number of aromatic nitrogens is 5. The predicted octanol–water partition coefficient (Wildman–Crippen LogP) is 3.04. The summed E-state index contributed by atoms with van der Waals surface area (Å²) in [5.41, 5.74) is 12.1. The minimum Gasteiger partial charge on any atom is -0.368 e. The first kappa shape index (κ1) is 19.6. The molecule has 0 unspecified atom stereocenters. The van der Waals surface area contributed by atoms with Crippen LogP contribution in [0.1, 0.15) is 45.0 Å². The molecule has 1 saturated carbocycles. The lowest BCUT2D eigenvalue weighted by Gasteiger charge is -2.36. The Morgan fingerprint density at radius 3 is 2.55 bits per heavy atom. The smallest absolute Gasteiger partial charge is 0.262 e. The molecular weight excluding hydrogens is 386 g/mol. The molecule has 0 radical (unpaired) electrons. The van der Waals surface area contributed by atoms with E-state index in [0.717, 1.165) is 12.8 Å². The fourth-order valence-corrected chi connectivity index (χ4v) is 5.00. The largest absolute Gasteiger partial charge is 0.368 e. The highest BCUT2D eigenvalue weighted by molar-refractivity contribution is 7.98. The van der Waals surface area contributed by atoms with Gasteiger partial charge in [0.25, 0.3) is 5.56 Å². The van der Waals surface area contributed by atoms with Crippen molar-refractivity contribution in [1.29, 1.82) is 0 Å². The second-order valence-corrected chi connectivity index (χ2v) is 8.62. The predicted molar refractivity (Wildman–Crippen MR) is 115 cm³/mol. The molecule has 9 heteroatoms. The highest BCUT2D eigenvalue weighted by Crippen LogP contribution is 2.39. The summed E-state index contributed by atoms with van der Waals surface area (Å²) in [6, 6.07) is 7.62. The summed E-state index contributed by atoms with van der Waals surface area (Å²) < 4.78 is 1.89. The number of fused-ring (bicyclic) bond motifs is 1. The van der Waals surface area contributed by atoms with Crippen molar-refractivity contribution in [1.82, 2.24) is 24.5 Å². The molecule has 2 heterocycles. The van der Waals surface area contributed by atoms with E-state index in [2.05, 4.69) is 28.8 Å². The van der Waals surface area contributed by atoms with E-state index >= 15 is 0 Å².